The molecular formula is C22H25N3O2S. The van der Waals surface area contributed by atoms with Crippen molar-refractivity contribution in [2.24, 2.45) is 0 Å². The zero-order chi connectivity index (χ0) is 19.9. The molecule has 3 rings (SSSR count). The van der Waals surface area contributed by atoms with Gasteiger partial charge in [0.05, 0.1) is 11.2 Å². The lowest BCUT2D eigenvalue weighted by atomic mass is 10.2. The van der Waals surface area contributed by atoms with E-state index >= 15 is 0 Å². The molecule has 0 fully saturated rings. The van der Waals surface area contributed by atoms with Crippen LogP contribution in [0.4, 0.5) is 11.4 Å². The molecule has 1 aromatic heterocycles. The van der Waals surface area contributed by atoms with Gasteiger partial charge in [-0.2, -0.15) is 0 Å². The first-order valence-corrected chi connectivity index (χ1v) is 10.3. The zero-order valence-corrected chi connectivity index (χ0v) is 17.2. The highest BCUT2D eigenvalue weighted by Gasteiger charge is 2.10. The highest BCUT2D eigenvalue weighted by Crippen LogP contribution is 2.21. The molecule has 0 bridgehead atoms. The van der Waals surface area contributed by atoms with Crippen LogP contribution in [-0.4, -0.2) is 23.5 Å². The summed E-state index contributed by atoms with van der Waals surface area (Å²) in [5, 5.41) is 4.89. The summed E-state index contributed by atoms with van der Waals surface area (Å²) in [7, 11) is 0. The van der Waals surface area contributed by atoms with Gasteiger partial charge in [-0.15, -0.1) is 11.3 Å². The molecule has 0 unspecified atom stereocenters. The van der Waals surface area contributed by atoms with E-state index in [0.29, 0.717) is 24.0 Å². The first-order valence-electron chi connectivity index (χ1n) is 9.34. The normalized spacial score (nSPS) is 10.7. The Bertz CT molecular complexity index is 892. The fraction of sp³-hybridized carbons (Fsp3) is 0.273. The summed E-state index contributed by atoms with van der Waals surface area (Å²) in [5.41, 5.74) is 5.12. The van der Waals surface area contributed by atoms with Crippen molar-refractivity contribution >= 4 is 28.6 Å². The molecule has 2 aromatic carbocycles. The molecule has 0 aliphatic heterocycles. The summed E-state index contributed by atoms with van der Waals surface area (Å²) in [4.78, 5) is 19.1. The van der Waals surface area contributed by atoms with Crippen LogP contribution < -0.4 is 15.0 Å². The number of thiazole rings is 1. The molecule has 0 radical (unpaired) electrons. The first kappa shape index (κ1) is 19.9. The third kappa shape index (κ3) is 5.10. The molecule has 0 aliphatic carbocycles. The van der Waals surface area contributed by atoms with Crippen molar-refractivity contribution in [1.82, 2.24) is 4.98 Å². The van der Waals surface area contributed by atoms with Gasteiger partial charge >= 0.3 is 0 Å². The number of benzene rings is 2. The molecule has 1 heterocycles. The van der Waals surface area contributed by atoms with Gasteiger partial charge in [-0.25, -0.2) is 4.98 Å². The molecule has 1 amide bonds. The molecule has 0 spiro atoms. The number of rotatable bonds is 8. The number of amides is 1. The molecule has 3 aromatic rings. The highest BCUT2D eigenvalue weighted by atomic mass is 32.1. The van der Waals surface area contributed by atoms with Gasteiger partial charge in [0.1, 0.15) is 12.4 Å². The lowest BCUT2D eigenvalue weighted by Gasteiger charge is -2.27. The van der Waals surface area contributed by atoms with E-state index in [1.807, 2.05) is 41.8 Å². The van der Waals surface area contributed by atoms with Gasteiger partial charge in [-0.05, 0) is 63.2 Å². The lowest BCUT2D eigenvalue weighted by molar-refractivity contribution is 0.102. The second-order valence-corrected chi connectivity index (χ2v) is 7.40. The smallest absolute Gasteiger partial charge is 0.255 e. The largest absolute Gasteiger partial charge is 0.487 e. The van der Waals surface area contributed by atoms with Crippen molar-refractivity contribution in [2.45, 2.75) is 33.4 Å². The number of nitrogens with zero attached hydrogens (tertiary/aromatic N) is 2. The minimum Gasteiger partial charge on any atom is -0.487 e. The van der Waals surface area contributed by atoms with Gasteiger partial charge in [0.15, 0.2) is 0 Å². The Hall–Kier alpha value is -2.86. The maximum absolute atomic E-state index is 12.6. The Morgan fingerprint density at radius 1 is 1.21 bits per heavy atom. The molecule has 0 aliphatic rings. The van der Waals surface area contributed by atoms with Crippen molar-refractivity contribution in [2.75, 3.05) is 16.8 Å². The topological polar surface area (TPSA) is 54.5 Å². The van der Waals surface area contributed by atoms with Gasteiger partial charge in [0, 0.05) is 34.9 Å². The second-order valence-electron chi connectivity index (χ2n) is 6.68. The average Bonchev–Trinajstić information content (AvgIpc) is 3.22. The summed E-state index contributed by atoms with van der Waals surface area (Å²) >= 11 is 1.53. The van der Waals surface area contributed by atoms with E-state index in [-0.39, 0.29) is 5.91 Å². The second kappa shape index (κ2) is 9.37. The van der Waals surface area contributed by atoms with E-state index in [2.05, 4.69) is 36.0 Å². The molecule has 6 heteroatoms. The van der Waals surface area contributed by atoms with Crippen LogP contribution in [0.2, 0.25) is 0 Å². The lowest BCUT2D eigenvalue weighted by Crippen LogP contribution is -2.30. The monoisotopic (exact) mass is 395 g/mol. The fourth-order valence-corrected chi connectivity index (χ4v) is 3.52. The van der Waals surface area contributed by atoms with Crippen molar-refractivity contribution in [3.05, 3.63) is 70.7 Å². The maximum Gasteiger partial charge on any atom is 0.255 e. The van der Waals surface area contributed by atoms with Crippen LogP contribution in [0.15, 0.2) is 59.4 Å². The van der Waals surface area contributed by atoms with Gasteiger partial charge < -0.3 is 15.0 Å². The number of hydrogen-bond donors (Lipinski definition) is 1. The molecular weight excluding hydrogens is 370 g/mol. The van der Waals surface area contributed by atoms with E-state index in [1.165, 1.54) is 11.3 Å². The Labute approximate surface area is 170 Å². The number of carbonyl (C=O) groups excluding carboxylic acids is 1. The summed E-state index contributed by atoms with van der Waals surface area (Å²) in [6.45, 7) is 7.81. The van der Waals surface area contributed by atoms with E-state index in [4.69, 9.17) is 4.74 Å². The van der Waals surface area contributed by atoms with Crippen LogP contribution in [-0.2, 0) is 6.61 Å². The summed E-state index contributed by atoms with van der Waals surface area (Å²) in [6.07, 6.45) is 0. The number of carbonyl (C=O) groups is 1. The van der Waals surface area contributed by atoms with Crippen LogP contribution >= 0.6 is 11.3 Å². The van der Waals surface area contributed by atoms with Crippen LogP contribution in [0, 0.1) is 0 Å². The SMILES string of the molecule is CCN(c1ccc(NC(=O)c2cccc(OCc3cscn3)c2)cc1)C(C)C. The summed E-state index contributed by atoms with van der Waals surface area (Å²) in [6, 6.07) is 15.5. The molecule has 5 nitrogen and oxygen atoms in total. The van der Waals surface area contributed by atoms with Crippen LogP contribution in [0.25, 0.3) is 0 Å². The number of anilines is 2. The predicted octanol–water partition coefficient (Wildman–Crippen LogP) is 5.21. The van der Waals surface area contributed by atoms with Crippen LogP contribution in [0.3, 0.4) is 0 Å². The molecule has 0 saturated carbocycles. The standard InChI is InChI=1S/C22H25N3O2S/c1-4-25(16(2)3)20-10-8-18(9-11-20)24-22(26)17-6-5-7-21(12-17)27-13-19-14-28-15-23-19/h5-12,14-16H,4,13H2,1-3H3,(H,24,26). The Kier molecular flexibility index (Phi) is 6.66. The zero-order valence-electron chi connectivity index (χ0n) is 16.4. The van der Waals surface area contributed by atoms with Crippen molar-refractivity contribution < 1.29 is 9.53 Å². The third-order valence-electron chi connectivity index (χ3n) is 4.39. The first-order chi connectivity index (χ1) is 13.6. The molecule has 0 saturated heterocycles. The quantitative estimate of drug-likeness (QED) is 0.569. The summed E-state index contributed by atoms with van der Waals surface area (Å²) in [5.74, 6) is 0.481. The molecule has 28 heavy (non-hydrogen) atoms. The highest BCUT2D eigenvalue weighted by molar-refractivity contribution is 7.07. The van der Waals surface area contributed by atoms with E-state index in [1.54, 1.807) is 17.6 Å². The predicted molar refractivity (Wildman–Crippen MR) is 115 cm³/mol. The fourth-order valence-electron chi connectivity index (χ4n) is 2.98. The Morgan fingerprint density at radius 2 is 2.00 bits per heavy atom. The number of nitrogens with one attached hydrogen (secondary N) is 1. The van der Waals surface area contributed by atoms with Crippen LogP contribution in [0.5, 0.6) is 5.75 Å². The van der Waals surface area contributed by atoms with E-state index in [9.17, 15) is 4.79 Å². The Morgan fingerprint density at radius 3 is 2.64 bits per heavy atom. The van der Waals surface area contributed by atoms with Gasteiger partial charge in [-0.3, -0.25) is 4.79 Å². The maximum atomic E-state index is 12.6. The molecule has 1 N–H and O–H groups in total. The van der Waals surface area contributed by atoms with Gasteiger partial charge in [0.2, 0.25) is 0 Å². The van der Waals surface area contributed by atoms with Crippen molar-refractivity contribution in [3.8, 4) is 5.75 Å². The average molecular weight is 396 g/mol. The van der Waals surface area contributed by atoms with Crippen molar-refractivity contribution in [1.29, 1.82) is 0 Å². The number of hydrogen-bond acceptors (Lipinski definition) is 5. The molecule has 0 atom stereocenters. The number of ether oxygens (including phenoxy) is 1. The number of aromatic nitrogens is 1. The third-order valence-corrected chi connectivity index (χ3v) is 5.02. The molecule has 146 valence electrons. The van der Waals surface area contributed by atoms with Gasteiger partial charge in [0.25, 0.3) is 5.91 Å². The van der Waals surface area contributed by atoms with E-state index in [0.717, 1.165) is 23.6 Å². The van der Waals surface area contributed by atoms with Gasteiger partial charge in [-0.1, -0.05) is 6.07 Å². The summed E-state index contributed by atoms with van der Waals surface area (Å²) < 4.78 is 5.73. The van der Waals surface area contributed by atoms with Crippen LogP contribution in [0.1, 0.15) is 36.8 Å². The van der Waals surface area contributed by atoms with E-state index < -0.39 is 0 Å². The minimum atomic E-state index is -0.164. The van der Waals surface area contributed by atoms with Crippen molar-refractivity contribution in [3.63, 3.8) is 0 Å². The minimum absolute atomic E-state index is 0.164. The Balaban J connectivity index is 1.63.